The molecule has 2 aromatic carbocycles. The number of sulfonamides is 1. The van der Waals surface area contributed by atoms with Gasteiger partial charge in [-0.05, 0) is 55.7 Å². The number of benzene rings is 2. The Labute approximate surface area is 170 Å². The number of hydrogen-bond acceptors (Lipinski definition) is 4. The smallest absolute Gasteiger partial charge is 0.246 e. The number of nitrogens with one attached hydrogen (secondary N) is 1. The summed E-state index contributed by atoms with van der Waals surface area (Å²) in [4.78, 5) is 12.6. The van der Waals surface area contributed by atoms with E-state index >= 15 is 0 Å². The second-order valence-corrected chi connectivity index (χ2v) is 9.18. The third-order valence-corrected chi connectivity index (χ3v) is 7.01. The maximum absolute atomic E-state index is 13.0. The Kier molecular flexibility index (Phi) is 6.27. The molecule has 0 spiro atoms. The summed E-state index contributed by atoms with van der Waals surface area (Å²) in [7, 11) is -2.33. The highest BCUT2D eigenvalue weighted by Crippen LogP contribution is 2.32. The van der Waals surface area contributed by atoms with Crippen molar-refractivity contribution in [1.29, 1.82) is 0 Å². The van der Waals surface area contributed by atoms with Crippen LogP contribution in [-0.4, -0.2) is 38.8 Å². The molecule has 6 nitrogen and oxygen atoms in total. The van der Waals surface area contributed by atoms with Gasteiger partial charge in [0.2, 0.25) is 15.9 Å². The molecule has 1 N–H and O–H groups in total. The molecular weight excluding hydrogens is 400 g/mol. The SMILES string of the molecule is COc1ccc(Cl)cc1S(=O)(=O)N1CCC(C(=O)Nc2cccc(C)c2)CC1. The standard InChI is InChI=1S/C20H23ClN2O4S/c1-14-4-3-5-17(12-14)22-20(24)15-8-10-23(11-9-15)28(25,26)19-13-16(21)6-7-18(19)27-2/h3-7,12-13,15H,8-11H2,1-2H3,(H,22,24). The number of amides is 1. The van der Waals surface area contributed by atoms with Gasteiger partial charge in [0.1, 0.15) is 10.6 Å². The van der Waals surface area contributed by atoms with Gasteiger partial charge >= 0.3 is 0 Å². The molecule has 1 aliphatic rings. The zero-order valence-corrected chi connectivity index (χ0v) is 17.4. The number of ether oxygens (including phenoxy) is 1. The molecule has 28 heavy (non-hydrogen) atoms. The van der Waals surface area contributed by atoms with Gasteiger partial charge in [0, 0.05) is 29.7 Å². The molecule has 8 heteroatoms. The summed E-state index contributed by atoms with van der Waals surface area (Å²) in [6.45, 7) is 2.50. The molecule has 0 radical (unpaired) electrons. The fourth-order valence-corrected chi connectivity index (χ4v) is 5.20. The van der Waals surface area contributed by atoms with E-state index in [1.165, 1.54) is 23.5 Å². The minimum atomic E-state index is -3.75. The van der Waals surface area contributed by atoms with Crippen LogP contribution in [0.3, 0.4) is 0 Å². The van der Waals surface area contributed by atoms with Gasteiger partial charge in [-0.25, -0.2) is 8.42 Å². The van der Waals surface area contributed by atoms with Gasteiger partial charge in [0.15, 0.2) is 0 Å². The van der Waals surface area contributed by atoms with Gasteiger partial charge < -0.3 is 10.1 Å². The normalized spacial score (nSPS) is 16.0. The van der Waals surface area contributed by atoms with Gasteiger partial charge in [-0.1, -0.05) is 23.7 Å². The summed E-state index contributed by atoms with van der Waals surface area (Å²) in [6, 6.07) is 12.1. The number of methoxy groups -OCH3 is 1. The number of rotatable bonds is 5. The quantitative estimate of drug-likeness (QED) is 0.797. The average molecular weight is 423 g/mol. The highest BCUT2D eigenvalue weighted by atomic mass is 35.5. The molecule has 0 aliphatic carbocycles. The fraction of sp³-hybridized carbons (Fsp3) is 0.350. The summed E-state index contributed by atoms with van der Waals surface area (Å²) in [5.74, 6) is -0.0556. The van der Waals surface area contributed by atoms with Gasteiger partial charge in [0.05, 0.1) is 7.11 Å². The molecule has 1 heterocycles. The van der Waals surface area contributed by atoms with Crippen molar-refractivity contribution < 1.29 is 17.9 Å². The Morgan fingerprint density at radius 2 is 1.89 bits per heavy atom. The largest absolute Gasteiger partial charge is 0.495 e. The molecule has 1 aliphatic heterocycles. The molecule has 1 fully saturated rings. The van der Waals surface area contributed by atoms with E-state index in [0.717, 1.165) is 11.3 Å². The number of carbonyl (C=O) groups is 1. The van der Waals surface area contributed by atoms with Crippen molar-refractivity contribution in [3.8, 4) is 5.75 Å². The lowest BCUT2D eigenvalue weighted by Crippen LogP contribution is -2.41. The second kappa shape index (κ2) is 8.51. The van der Waals surface area contributed by atoms with E-state index in [1.807, 2.05) is 31.2 Å². The third-order valence-electron chi connectivity index (χ3n) is 4.85. The third kappa shape index (κ3) is 4.48. The zero-order chi connectivity index (χ0) is 20.3. The van der Waals surface area contributed by atoms with Crippen LogP contribution in [0.2, 0.25) is 5.02 Å². The molecule has 0 bridgehead atoms. The number of carbonyl (C=O) groups excluding carboxylic acids is 1. The predicted molar refractivity (Wildman–Crippen MR) is 109 cm³/mol. The lowest BCUT2D eigenvalue weighted by Gasteiger charge is -2.31. The topological polar surface area (TPSA) is 75.7 Å². The van der Waals surface area contributed by atoms with Crippen molar-refractivity contribution >= 4 is 33.2 Å². The van der Waals surface area contributed by atoms with Crippen molar-refractivity contribution in [3.63, 3.8) is 0 Å². The van der Waals surface area contributed by atoms with Crippen molar-refractivity contribution in [2.75, 3.05) is 25.5 Å². The fourth-order valence-electron chi connectivity index (χ4n) is 3.32. The molecule has 0 aromatic heterocycles. The zero-order valence-electron chi connectivity index (χ0n) is 15.8. The van der Waals surface area contributed by atoms with Gasteiger partial charge in [-0.2, -0.15) is 4.31 Å². The molecule has 0 atom stereocenters. The van der Waals surface area contributed by atoms with Crippen LogP contribution in [0.25, 0.3) is 0 Å². The van der Waals surface area contributed by atoms with Gasteiger partial charge in [0.25, 0.3) is 0 Å². The van der Waals surface area contributed by atoms with Crippen molar-refractivity contribution in [3.05, 3.63) is 53.1 Å². The second-order valence-electron chi connectivity index (χ2n) is 6.83. The highest BCUT2D eigenvalue weighted by molar-refractivity contribution is 7.89. The molecule has 3 rings (SSSR count). The van der Waals surface area contributed by atoms with Crippen molar-refractivity contribution in [2.45, 2.75) is 24.7 Å². The molecule has 1 amide bonds. The molecular formula is C20H23ClN2O4S. The van der Waals surface area contributed by atoms with E-state index in [0.29, 0.717) is 17.9 Å². The highest BCUT2D eigenvalue weighted by Gasteiger charge is 2.33. The molecule has 1 saturated heterocycles. The van der Waals surface area contributed by atoms with E-state index in [9.17, 15) is 13.2 Å². The van der Waals surface area contributed by atoms with Crippen LogP contribution >= 0.6 is 11.6 Å². The maximum atomic E-state index is 13.0. The van der Waals surface area contributed by atoms with Crippen LogP contribution < -0.4 is 10.1 Å². The minimum absolute atomic E-state index is 0.0464. The van der Waals surface area contributed by atoms with E-state index in [-0.39, 0.29) is 35.6 Å². The van der Waals surface area contributed by atoms with Crippen LogP contribution in [0.4, 0.5) is 5.69 Å². The molecule has 150 valence electrons. The Morgan fingerprint density at radius 3 is 2.54 bits per heavy atom. The van der Waals surface area contributed by atoms with E-state index in [1.54, 1.807) is 6.07 Å². The van der Waals surface area contributed by atoms with Gasteiger partial charge in [-0.3, -0.25) is 4.79 Å². The van der Waals surface area contributed by atoms with Crippen molar-refractivity contribution in [2.24, 2.45) is 5.92 Å². The van der Waals surface area contributed by atoms with Crippen LogP contribution in [0.1, 0.15) is 18.4 Å². The number of hydrogen-bond donors (Lipinski definition) is 1. The van der Waals surface area contributed by atoms with Crippen LogP contribution in [-0.2, 0) is 14.8 Å². The first-order valence-electron chi connectivity index (χ1n) is 9.02. The molecule has 2 aromatic rings. The Hall–Kier alpha value is -2.09. The first-order chi connectivity index (χ1) is 13.3. The Balaban J connectivity index is 1.68. The molecule has 0 unspecified atom stereocenters. The summed E-state index contributed by atoms with van der Waals surface area (Å²) in [5.41, 5.74) is 1.82. The predicted octanol–water partition coefficient (Wildman–Crippen LogP) is 3.70. The van der Waals surface area contributed by atoms with E-state index in [4.69, 9.17) is 16.3 Å². The summed E-state index contributed by atoms with van der Waals surface area (Å²) >= 11 is 5.98. The van der Waals surface area contributed by atoms with Crippen molar-refractivity contribution in [1.82, 2.24) is 4.31 Å². The van der Waals surface area contributed by atoms with Gasteiger partial charge in [-0.15, -0.1) is 0 Å². The van der Waals surface area contributed by atoms with Crippen LogP contribution in [0.5, 0.6) is 5.75 Å². The van der Waals surface area contributed by atoms with E-state index < -0.39 is 10.0 Å². The summed E-state index contributed by atoms with van der Waals surface area (Å²) < 4.78 is 32.6. The number of anilines is 1. The minimum Gasteiger partial charge on any atom is -0.495 e. The Morgan fingerprint density at radius 1 is 1.18 bits per heavy atom. The van der Waals surface area contributed by atoms with Crippen LogP contribution in [0.15, 0.2) is 47.4 Å². The Bertz CT molecular complexity index is 970. The first-order valence-corrected chi connectivity index (χ1v) is 10.8. The van der Waals surface area contributed by atoms with E-state index in [2.05, 4.69) is 5.32 Å². The summed E-state index contributed by atoms with van der Waals surface area (Å²) in [6.07, 6.45) is 0.916. The monoisotopic (exact) mass is 422 g/mol. The lowest BCUT2D eigenvalue weighted by atomic mass is 9.97. The number of piperidine rings is 1. The maximum Gasteiger partial charge on any atom is 0.246 e. The molecule has 0 saturated carbocycles. The number of nitrogens with zero attached hydrogens (tertiary/aromatic N) is 1. The first kappa shape index (κ1) is 20.6. The summed E-state index contributed by atoms with van der Waals surface area (Å²) in [5, 5.41) is 3.24. The number of aryl methyl sites for hydroxylation is 1. The lowest BCUT2D eigenvalue weighted by molar-refractivity contribution is -0.120. The number of halogens is 1. The van der Waals surface area contributed by atoms with Crippen LogP contribution in [0, 0.1) is 12.8 Å². The average Bonchev–Trinajstić information content (AvgIpc) is 2.68.